The summed E-state index contributed by atoms with van der Waals surface area (Å²) in [7, 11) is 0. The van der Waals surface area contributed by atoms with E-state index in [1.165, 1.54) is 0 Å². The van der Waals surface area contributed by atoms with E-state index in [4.69, 9.17) is 23.2 Å². The molecule has 0 radical (unpaired) electrons. The third-order valence-electron chi connectivity index (χ3n) is 2.66. The molecule has 0 saturated heterocycles. The van der Waals surface area contributed by atoms with E-state index < -0.39 is 0 Å². The van der Waals surface area contributed by atoms with Crippen molar-refractivity contribution in [2.75, 3.05) is 5.32 Å². The first-order chi connectivity index (χ1) is 9.02. The van der Waals surface area contributed by atoms with Gasteiger partial charge in [-0.15, -0.1) is 0 Å². The van der Waals surface area contributed by atoms with Gasteiger partial charge in [0.05, 0.1) is 32.7 Å². The highest BCUT2D eigenvalue weighted by atomic mass is 35.5. The average Bonchev–Trinajstić information content (AvgIpc) is 2.34. The molecule has 2 aromatic rings. The summed E-state index contributed by atoms with van der Waals surface area (Å²) < 4.78 is 0. The van der Waals surface area contributed by atoms with E-state index in [0.717, 1.165) is 5.69 Å². The Morgan fingerprint density at radius 2 is 1.95 bits per heavy atom. The Kier molecular flexibility index (Phi) is 3.94. The quantitative estimate of drug-likeness (QED) is 0.878. The highest BCUT2D eigenvalue weighted by Gasteiger charge is 2.10. The second-order valence-corrected chi connectivity index (χ2v) is 4.89. The van der Waals surface area contributed by atoms with Crippen LogP contribution in [0.4, 0.5) is 11.4 Å². The number of nitriles is 1. The van der Waals surface area contributed by atoms with E-state index in [9.17, 15) is 5.26 Å². The maximum atomic E-state index is 9.20. The molecule has 0 bridgehead atoms. The lowest BCUT2D eigenvalue weighted by Gasteiger charge is -2.12. The van der Waals surface area contributed by atoms with Crippen LogP contribution in [0.1, 0.15) is 17.0 Å². The molecular weight excluding hydrogens is 281 g/mol. The van der Waals surface area contributed by atoms with Crippen molar-refractivity contribution in [2.24, 2.45) is 0 Å². The third-order valence-corrected chi connectivity index (χ3v) is 3.48. The van der Waals surface area contributed by atoms with Gasteiger partial charge in [-0.05, 0) is 32.0 Å². The fourth-order valence-corrected chi connectivity index (χ4v) is 2.16. The van der Waals surface area contributed by atoms with Gasteiger partial charge in [0.1, 0.15) is 6.07 Å². The van der Waals surface area contributed by atoms with Crippen LogP contribution in [0.5, 0.6) is 0 Å². The van der Waals surface area contributed by atoms with Gasteiger partial charge in [0.25, 0.3) is 0 Å². The van der Waals surface area contributed by atoms with Crippen molar-refractivity contribution in [3.05, 3.63) is 51.3 Å². The summed E-state index contributed by atoms with van der Waals surface area (Å²) >= 11 is 12.1. The Morgan fingerprint density at radius 3 is 2.63 bits per heavy atom. The van der Waals surface area contributed by atoms with Crippen LogP contribution >= 0.6 is 23.2 Å². The number of anilines is 2. The Hall–Kier alpha value is -1.76. The van der Waals surface area contributed by atoms with E-state index in [1.807, 2.05) is 13.0 Å². The molecule has 1 N–H and O–H groups in total. The summed E-state index contributed by atoms with van der Waals surface area (Å²) in [5, 5.41) is 13.2. The molecule has 5 heteroatoms. The molecule has 1 aromatic heterocycles. The van der Waals surface area contributed by atoms with Crippen molar-refractivity contribution in [1.29, 1.82) is 5.26 Å². The average molecular weight is 292 g/mol. The van der Waals surface area contributed by atoms with Gasteiger partial charge in [-0.1, -0.05) is 29.3 Å². The second kappa shape index (κ2) is 5.48. The van der Waals surface area contributed by atoms with Gasteiger partial charge < -0.3 is 5.32 Å². The molecule has 0 saturated carbocycles. The zero-order valence-corrected chi connectivity index (χ0v) is 12.0. The number of hydrogen-bond donors (Lipinski definition) is 1. The van der Waals surface area contributed by atoms with E-state index >= 15 is 0 Å². The summed E-state index contributed by atoms with van der Waals surface area (Å²) in [5.74, 6) is 0. The molecule has 1 heterocycles. The lowest BCUT2D eigenvalue weighted by molar-refractivity contribution is 1.11. The van der Waals surface area contributed by atoms with Crippen LogP contribution < -0.4 is 5.32 Å². The zero-order valence-electron chi connectivity index (χ0n) is 10.5. The number of nitrogens with one attached hydrogen (secondary N) is 1. The number of nitrogens with zero attached hydrogens (tertiary/aromatic N) is 2. The number of rotatable bonds is 2. The van der Waals surface area contributed by atoms with Gasteiger partial charge in [-0.3, -0.25) is 4.98 Å². The molecule has 0 spiro atoms. The number of benzene rings is 1. The van der Waals surface area contributed by atoms with Crippen LogP contribution in [0.25, 0.3) is 0 Å². The monoisotopic (exact) mass is 291 g/mol. The zero-order chi connectivity index (χ0) is 14.0. The number of hydrogen-bond acceptors (Lipinski definition) is 3. The first-order valence-corrected chi connectivity index (χ1v) is 6.38. The van der Waals surface area contributed by atoms with E-state index in [-0.39, 0.29) is 0 Å². The Bertz CT molecular complexity index is 675. The molecule has 19 heavy (non-hydrogen) atoms. The topological polar surface area (TPSA) is 48.7 Å². The molecule has 0 atom stereocenters. The minimum absolute atomic E-state index is 0.431. The number of pyridine rings is 1. The second-order valence-electron chi connectivity index (χ2n) is 4.11. The van der Waals surface area contributed by atoms with Gasteiger partial charge in [0.15, 0.2) is 0 Å². The Morgan fingerprint density at radius 1 is 1.21 bits per heavy atom. The summed E-state index contributed by atoms with van der Waals surface area (Å²) in [6.07, 6.45) is 0. The van der Waals surface area contributed by atoms with Gasteiger partial charge in [0.2, 0.25) is 0 Å². The number of aryl methyl sites for hydroxylation is 2. The highest BCUT2D eigenvalue weighted by molar-refractivity contribution is 6.43. The largest absolute Gasteiger partial charge is 0.353 e. The molecule has 0 aliphatic rings. The fourth-order valence-electron chi connectivity index (χ4n) is 1.81. The minimum atomic E-state index is 0.431. The van der Waals surface area contributed by atoms with Crippen molar-refractivity contribution in [2.45, 2.75) is 13.8 Å². The summed E-state index contributed by atoms with van der Waals surface area (Å²) in [6.45, 7) is 3.68. The van der Waals surface area contributed by atoms with Crippen molar-refractivity contribution in [1.82, 2.24) is 4.98 Å². The Balaban J connectivity index is 2.50. The molecule has 3 nitrogen and oxygen atoms in total. The predicted octanol–water partition coefficient (Wildman–Crippen LogP) is 4.62. The van der Waals surface area contributed by atoms with Gasteiger partial charge in [0, 0.05) is 5.69 Å². The molecule has 96 valence electrons. The minimum Gasteiger partial charge on any atom is -0.353 e. The molecule has 1 aromatic carbocycles. The maximum Gasteiger partial charge on any atom is 0.103 e. The molecule has 0 aliphatic carbocycles. The van der Waals surface area contributed by atoms with Crippen LogP contribution in [0.2, 0.25) is 10.0 Å². The third kappa shape index (κ3) is 2.81. The Labute approximate surface area is 121 Å². The van der Waals surface area contributed by atoms with Gasteiger partial charge in [-0.2, -0.15) is 5.26 Å². The van der Waals surface area contributed by atoms with Crippen LogP contribution in [-0.2, 0) is 0 Å². The summed E-state index contributed by atoms with van der Waals surface area (Å²) in [5.41, 5.74) is 3.36. The van der Waals surface area contributed by atoms with E-state index in [1.54, 1.807) is 25.1 Å². The smallest absolute Gasteiger partial charge is 0.103 e. The van der Waals surface area contributed by atoms with Crippen molar-refractivity contribution in [3.8, 4) is 6.07 Å². The molecule has 2 rings (SSSR count). The first kappa shape index (κ1) is 13.7. The van der Waals surface area contributed by atoms with Gasteiger partial charge >= 0.3 is 0 Å². The molecule has 0 amide bonds. The molecular formula is C14H11Cl2N3. The van der Waals surface area contributed by atoms with Crippen LogP contribution in [0.3, 0.4) is 0 Å². The lowest BCUT2D eigenvalue weighted by atomic mass is 10.1. The first-order valence-electron chi connectivity index (χ1n) is 5.62. The standard InChI is InChI=1S/C14H11Cl2N3/c1-8-6-13(10(7-17)9(2)18-8)19-12-5-3-4-11(15)14(12)16/h3-6H,1-2H3,(H,18,19). The number of aromatic nitrogens is 1. The molecule has 0 aliphatic heterocycles. The molecule has 0 fully saturated rings. The highest BCUT2D eigenvalue weighted by Crippen LogP contribution is 2.33. The maximum absolute atomic E-state index is 9.20. The van der Waals surface area contributed by atoms with Crippen molar-refractivity contribution in [3.63, 3.8) is 0 Å². The summed E-state index contributed by atoms with van der Waals surface area (Å²) in [4.78, 5) is 4.27. The van der Waals surface area contributed by atoms with Crippen molar-refractivity contribution >= 4 is 34.6 Å². The van der Waals surface area contributed by atoms with Crippen LogP contribution in [-0.4, -0.2) is 4.98 Å². The number of halogens is 2. The predicted molar refractivity (Wildman–Crippen MR) is 78.2 cm³/mol. The van der Waals surface area contributed by atoms with Crippen LogP contribution in [0.15, 0.2) is 24.3 Å². The molecule has 0 unspecified atom stereocenters. The SMILES string of the molecule is Cc1cc(Nc2cccc(Cl)c2Cl)c(C#N)c(C)n1. The van der Waals surface area contributed by atoms with E-state index in [0.29, 0.717) is 32.7 Å². The van der Waals surface area contributed by atoms with E-state index in [2.05, 4.69) is 16.4 Å². The lowest BCUT2D eigenvalue weighted by Crippen LogP contribution is -2.00. The normalized spacial score (nSPS) is 10.1. The van der Waals surface area contributed by atoms with Crippen LogP contribution in [0, 0.1) is 25.2 Å². The van der Waals surface area contributed by atoms with Crippen molar-refractivity contribution < 1.29 is 0 Å². The fraction of sp³-hybridized carbons (Fsp3) is 0.143. The summed E-state index contributed by atoms with van der Waals surface area (Å²) in [6, 6.07) is 9.27. The van der Waals surface area contributed by atoms with Gasteiger partial charge in [-0.25, -0.2) is 0 Å².